The van der Waals surface area contributed by atoms with E-state index in [4.69, 9.17) is 19.3 Å². The van der Waals surface area contributed by atoms with Gasteiger partial charge in [0.25, 0.3) is 0 Å². The van der Waals surface area contributed by atoms with Gasteiger partial charge in [-0.05, 0) is 22.3 Å². The van der Waals surface area contributed by atoms with E-state index in [0.717, 1.165) is 22.3 Å². The number of methoxy groups -OCH3 is 1. The molecule has 2 aromatic carbocycles. The standard InChI is InChI=1S/C23H26N2O7/c1-30-13-20(22(27)28)25-21(26)14-31-11-10-24-23(29)32-12-19-17-8-4-2-6-15(17)16-7-3-5-9-18(16)19/h2-9,19-20H,10-14H2,1H3,(H,24,29)(H,25,26)(H,27,28)/t20-/m0/s1. The molecule has 2 amide bonds. The number of nitrogens with one attached hydrogen (secondary N) is 2. The summed E-state index contributed by atoms with van der Waals surface area (Å²) >= 11 is 0. The molecule has 0 radical (unpaired) electrons. The Bertz CT molecular complexity index is 917. The average Bonchev–Trinajstić information content (AvgIpc) is 3.11. The summed E-state index contributed by atoms with van der Waals surface area (Å²) in [4.78, 5) is 34.8. The molecule has 32 heavy (non-hydrogen) atoms. The number of carboxylic acid groups (broad SMARTS) is 1. The van der Waals surface area contributed by atoms with Crippen LogP contribution in [0.3, 0.4) is 0 Å². The van der Waals surface area contributed by atoms with Crippen LogP contribution in [0, 0.1) is 0 Å². The number of amides is 2. The molecule has 0 aromatic heterocycles. The van der Waals surface area contributed by atoms with Crippen LogP contribution in [0.4, 0.5) is 4.79 Å². The fraction of sp³-hybridized carbons (Fsp3) is 0.348. The SMILES string of the molecule is COC[C@H](NC(=O)COCCNC(=O)OCC1c2ccccc2-c2ccccc21)C(=O)O. The Kier molecular flexibility index (Phi) is 8.18. The van der Waals surface area contributed by atoms with Gasteiger partial charge in [0.15, 0.2) is 6.04 Å². The highest BCUT2D eigenvalue weighted by molar-refractivity contribution is 5.84. The Labute approximate surface area is 185 Å². The van der Waals surface area contributed by atoms with E-state index in [1.54, 1.807) is 0 Å². The summed E-state index contributed by atoms with van der Waals surface area (Å²) in [6.07, 6.45) is -0.578. The van der Waals surface area contributed by atoms with Crippen LogP contribution >= 0.6 is 0 Å². The summed E-state index contributed by atoms with van der Waals surface area (Å²) in [6.45, 7) is -0.0620. The monoisotopic (exact) mass is 442 g/mol. The number of benzene rings is 2. The van der Waals surface area contributed by atoms with Gasteiger partial charge in [-0.2, -0.15) is 0 Å². The van der Waals surface area contributed by atoms with Crippen LogP contribution in [-0.4, -0.2) is 69.2 Å². The van der Waals surface area contributed by atoms with E-state index in [2.05, 4.69) is 22.8 Å². The van der Waals surface area contributed by atoms with Crippen LogP contribution in [0.15, 0.2) is 48.5 Å². The van der Waals surface area contributed by atoms with E-state index in [9.17, 15) is 14.4 Å². The molecule has 0 aliphatic heterocycles. The van der Waals surface area contributed by atoms with Gasteiger partial charge in [0.1, 0.15) is 13.2 Å². The molecule has 0 bridgehead atoms. The highest BCUT2D eigenvalue weighted by Crippen LogP contribution is 2.44. The Hall–Kier alpha value is -3.43. The molecule has 0 heterocycles. The lowest BCUT2D eigenvalue weighted by Gasteiger charge is -2.15. The van der Waals surface area contributed by atoms with Gasteiger partial charge < -0.3 is 30.0 Å². The number of fused-ring (bicyclic) bond motifs is 3. The summed E-state index contributed by atoms with van der Waals surface area (Å²) < 4.78 is 15.3. The molecule has 9 heteroatoms. The molecule has 3 N–H and O–H groups in total. The van der Waals surface area contributed by atoms with Gasteiger partial charge in [0.2, 0.25) is 5.91 Å². The van der Waals surface area contributed by atoms with E-state index in [-0.39, 0.29) is 38.9 Å². The predicted octanol–water partition coefficient (Wildman–Crippen LogP) is 1.76. The molecular formula is C23H26N2O7. The van der Waals surface area contributed by atoms with Crippen molar-refractivity contribution in [1.82, 2.24) is 10.6 Å². The van der Waals surface area contributed by atoms with Crippen molar-refractivity contribution in [2.75, 3.05) is 40.1 Å². The van der Waals surface area contributed by atoms with Gasteiger partial charge in [-0.15, -0.1) is 0 Å². The molecule has 0 spiro atoms. The van der Waals surface area contributed by atoms with Crippen LogP contribution < -0.4 is 10.6 Å². The van der Waals surface area contributed by atoms with Gasteiger partial charge in [0.05, 0.1) is 13.2 Å². The summed E-state index contributed by atoms with van der Waals surface area (Å²) in [5.41, 5.74) is 4.56. The maximum Gasteiger partial charge on any atom is 0.407 e. The Morgan fingerprint density at radius 2 is 1.66 bits per heavy atom. The minimum atomic E-state index is -1.20. The molecule has 1 aliphatic rings. The Balaban J connectivity index is 1.38. The van der Waals surface area contributed by atoms with Crippen LogP contribution in [0.5, 0.6) is 0 Å². The highest BCUT2D eigenvalue weighted by Gasteiger charge is 2.29. The van der Waals surface area contributed by atoms with E-state index < -0.39 is 24.0 Å². The third-order valence-corrected chi connectivity index (χ3v) is 5.06. The van der Waals surface area contributed by atoms with Crippen molar-refractivity contribution in [2.45, 2.75) is 12.0 Å². The maximum absolute atomic E-state index is 12.1. The number of aliphatic carboxylic acids is 1. The molecule has 0 saturated heterocycles. The molecule has 170 valence electrons. The Morgan fingerprint density at radius 1 is 1.03 bits per heavy atom. The van der Waals surface area contributed by atoms with Crippen molar-refractivity contribution in [2.24, 2.45) is 0 Å². The number of ether oxygens (including phenoxy) is 3. The zero-order valence-electron chi connectivity index (χ0n) is 17.7. The molecule has 0 unspecified atom stereocenters. The molecule has 3 rings (SSSR count). The lowest BCUT2D eigenvalue weighted by Crippen LogP contribution is -2.45. The zero-order valence-corrected chi connectivity index (χ0v) is 17.7. The Morgan fingerprint density at radius 3 is 2.25 bits per heavy atom. The molecule has 1 atom stereocenters. The minimum Gasteiger partial charge on any atom is -0.480 e. The van der Waals surface area contributed by atoms with E-state index in [1.165, 1.54) is 7.11 Å². The zero-order chi connectivity index (χ0) is 22.9. The van der Waals surface area contributed by atoms with Crippen molar-refractivity contribution in [3.8, 4) is 11.1 Å². The maximum atomic E-state index is 12.1. The quantitative estimate of drug-likeness (QED) is 0.453. The molecular weight excluding hydrogens is 416 g/mol. The number of carbonyl (C=O) groups excluding carboxylic acids is 2. The minimum absolute atomic E-state index is 0.0256. The van der Waals surface area contributed by atoms with Gasteiger partial charge >= 0.3 is 12.1 Å². The first-order valence-corrected chi connectivity index (χ1v) is 10.2. The van der Waals surface area contributed by atoms with Crippen LogP contribution in [-0.2, 0) is 23.8 Å². The third-order valence-electron chi connectivity index (χ3n) is 5.06. The lowest BCUT2D eigenvalue weighted by molar-refractivity contribution is -0.144. The average molecular weight is 442 g/mol. The number of alkyl carbamates (subject to hydrolysis) is 1. The summed E-state index contributed by atoms with van der Waals surface area (Å²) in [6, 6.07) is 15.0. The lowest BCUT2D eigenvalue weighted by atomic mass is 9.98. The second-order valence-corrected chi connectivity index (χ2v) is 7.22. The number of carboxylic acids is 1. The van der Waals surface area contributed by atoms with Crippen molar-refractivity contribution in [3.05, 3.63) is 59.7 Å². The van der Waals surface area contributed by atoms with Crippen molar-refractivity contribution in [3.63, 3.8) is 0 Å². The van der Waals surface area contributed by atoms with E-state index in [0.29, 0.717) is 0 Å². The fourth-order valence-corrected chi connectivity index (χ4v) is 3.62. The molecule has 0 saturated carbocycles. The summed E-state index contributed by atoms with van der Waals surface area (Å²) in [5, 5.41) is 13.8. The van der Waals surface area contributed by atoms with E-state index >= 15 is 0 Å². The van der Waals surface area contributed by atoms with Crippen LogP contribution in [0.1, 0.15) is 17.0 Å². The van der Waals surface area contributed by atoms with Gasteiger partial charge in [0, 0.05) is 19.6 Å². The summed E-state index contributed by atoms with van der Waals surface area (Å²) in [7, 11) is 1.34. The first-order valence-electron chi connectivity index (χ1n) is 10.2. The van der Waals surface area contributed by atoms with Gasteiger partial charge in [-0.1, -0.05) is 48.5 Å². The highest BCUT2D eigenvalue weighted by atomic mass is 16.5. The van der Waals surface area contributed by atoms with Crippen LogP contribution in [0.2, 0.25) is 0 Å². The van der Waals surface area contributed by atoms with Crippen LogP contribution in [0.25, 0.3) is 11.1 Å². The normalized spacial score (nSPS) is 13.0. The number of rotatable bonds is 11. The molecule has 2 aromatic rings. The molecule has 0 fully saturated rings. The molecule has 1 aliphatic carbocycles. The number of carbonyl (C=O) groups is 3. The summed E-state index contributed by atoms with van der Waals surface area (Å²) in [5.74, 6) is -1.81. The third kappa shape index (κ3) is 5.83. The van der Waals surface area contributed by atoms with E-state index in [1.807, 2.05) is 36.4 Å². The second kappa shape index (κ2) is 11.3. The van der Waals surface area contributed by atoms with Crippen molar-refractivity contribution < 1.29 is 33.7 Å². The predicted molar refractivity (Wildman–Crippen MR) is 115 cm³/mol. The first-order chi connectivity index (χ1) is 15.5. The van der Waals surface area contributed by atoms with Crippen molar-refractivity contribution in [1.29, 1.82) is 0 Å². The smallest absolute Gasteiger partial charge is 0.407 e. The molecule has 9 nitrogen and oxygen atoms in total. The number of hydrogen-bond acceptors (Lipinski definition) is 6. The fourth-order valence-electron chi connectivity index (χ4n) is 3.62. The van der Waals surface area contributed by atoms with Crippen molar-refractivity contribution >= 4 is 18.0 Å². The topological polar surface area (TPSA) is 123 Å². The largest absolute Gasteiger partial charge is 0.480 e. The second-order valence-electron chi connectivity index (χ2n) is 7.22. The van der Waals surface area contributed by atoms with Gasteiger partial charge in [-0.25, -0.2) is 9.59 Å². The first kappa shape index (κ1) is 23.2. The number of hydrogen-bond donors (Lipinski definition) is 3. The van der Waals surface area contributed by atoms with Gasteiger partial charge in [-0.3, -0.25) is 4.79 Å².